The van der Waals surface area contributed by atoms with E-state index in [1.54, 1.807) is 0 Å². The lowest BCUT2D eigenvalue weighted by Crippen LogP contribution is -2.49. The highest BCUT2D eigenvalue weighted by molar-refractivity contribution is 8.00. The highest BCUT2D eigenvalue weighted by atomic mass is 32.2. The van der Waals surface area contributed by atoms with Crippen LogP contribution in [0, 0.1) is 0 Å². The highest BCUT2D eigenvalue weighted by Gasteiger charge is 2.42. The number of hydrogen-bond acceptors (Lipinski definition) is 4. The molecule has 0 spiro atoms. The van der Waals surface area contributed by atoms with Crippen LogP contribution in [0.2, 0.25) is 0 Å². The van der Waals surface area contributed by atoms with Crippen LogP contribution in [0.5, 0.6) is 0 Å². The van der Waals surface area contributed by atoms with Gasteiger partial charge in [0.1, 0.15) is 11.4 Å². The van der Waals surface area contributed by atoms with Gasteiger partial charge in [-0.15, -0.1) is 11.8 Å². The van der Waals surface area contributed by atoms with Crippen molar-refractivity contribution in [3.05, 3.63) is 0 Å². The van der Waals surface area contributed by atoms with Crippen LogP contribution in [-0.2, 0) is 9.53 Å². The first-order chi connectivity index (χ1) is 13.2. The van der Waals surface area contributed by atoms with Crippen molar-refractivity contribution >= 4 is 17.7 Å². The van der Waals surface area contributed by atoms with E-state index in [1.807, 2.05) is 6.26 Å². The number of cyclic esters (lactones) is 1. The van der Waals surface area contributed by atoms with E-state index in [4.69, 9.17) is 4.74 Å². The standard InChI is InChI=1S/C23H44O3S/c1-3-4-5-6-7-8-9-10-11-12-13-14-15-16-17-18-20(24)19-21-22(27-2)23(25)26-21/h20-22,24H,3-19H2,1-2H3/t20-,21-,22+/m1/s1. The number of thioether (sulfide) groups is 1. The summed E-state index contributed by atoms with van der Waals surface area (Å²) in [5.74, 6) is -0.119. The zero-order chi connectivity index (χ0) is 19.7. The van der Waals surface area contributed by atoms with Crippen molar-refractivity contribution in [1.29, 1.82) is 0 Å². The summed E-state index contributed by atoms with van der Waals surface area (Å²) >= 11 is 1.53. The maximum Gasteiger partial charge on any atom is 0.323 e. The molecule has 0 aromatic heterocycles. The van der Waals surface area contributed by atoms with Gasteiger partial charge >= 0.3 is 5.97 Å². The monoisotopic (exact) mass is 400 g/mol. The van der Waals surface area contributed by atoms with Crippen LogP contribution >= 0.6 is 11.8 Å². The summed E-state index contributed by atoms with van der Waals surface area (Å²) in [4.78, 5) is 11.2. The number of carbonyl (C=O) groups is 1. The Morgan fingerprint density at radius 1 is 0.852 bits per heavy atom. The van der Waals surface area contributed by atoms with Crippen LogP contribution in [0.3, 0.4) is 0 Å². The molecule has 0 saturated carbocycles. The van der Waals surface area contributed by atoms with Crippen LogP contribution < -0.4 is 0 Å². The molecule has 0 aromatic carbocycles. The van der Waals surface area contributed by atoms with Gasteiger partial charge in [-0.3, -0.25) is 4.79 Å². The summed E-state index contributed by atoms with van der Waals surface area (Å²) in [7, 11) is 0. The summed E-state index contributed by atoms with van der Waals surface area (Å²) in [6, 6.07) is 0. The Kier molecular flexibility index (Phi) is 15.4. The van der Waals surface area contributed by atoms with Gasteiger partial charge in [0.15, 0.2) is 0 Å². The Morgan fingerprint density at radius 2 is 1.30 bits per heavy atom. The van der Waals surface area contributed by atoms with Crippen LogP contribution in [0.25, 0.3) is 0 Å². The minimum Gasteiger partial charge on any atom is -0.460 e. The molecular weight excluding hydrogens is 356 g/mol. The Bertz CT molecular complexity index is 362. The van der Waals surface area contributed by atoms with Crippen molar-refractivity contribution in [2.45, 2.75) is 134 Å². The second kappa shape index (κ2) is 16.7. The molecule has 4 heteroatoms. The van der Waals surface area contributed by atoms with Gasteiger partial charge in [-0.05, 0) is 12.7 Å². The van der Waals surface area contributed by atoms with Gasteiger partial charge in [-0.1, -0.05) is 103 Å². The van der Waals surface area contributed by atoms with Crippen molar-refractivity contribution in [2.24, 2.45) is 0 Å². The molecule has 3 atom stereocenters. The summed E-state index contributed by atoms with van der Waals surface area (Å²) in [5.41, 5.74) is 0. The molecule has 0 bridgehead atoms. The van der Waals surface area contributed by atoms with E-state index in [-0.39, 0.29) is 23.4 Å². The molecule has 0 radical (unpaired) electrons. The molecule has 1 aliphatic rings. The van der Waals surface area contributed by atoms with E-state index in [1.165, 1.54) is 102 Å². The fraction of sp³-hybridized carbons (Fsp3) is 0.957. The lowest BCUT2D eigenvalue weighted by molar-refractivity contribution is -0.169. The van der Waals surface area contributed by atoms with Gasteiger partial charge < -0.3 is 9.84 Å². The predicted molar refractivity (Wildman–Crippen MR) is 117 cm³/mol. The summed E-state index contributed by atoms with van der Waals surface area (Å²) in [5, 5.41) is 10.0. The minimum atomic E-state index is -0.320. The van der Waals surface area contributed by atoms with Crippen molar-refractivity contribution in [3.63, 3.8) is 0 Å². The molecule has 1 N–H and O–H groups in total. The van der Waals surface area contributed by atoms with Crippen molar-refractivity contribution < 1.29 is 14.6 Å². The molecule has 1 aliphatic heterocycles. The van der Waals surface area contributed by atoms with E-state index in [0.717, 1.165) is 12.8 Å². The maximum absolute atomic E-state index is 11.2. The van der Waals surface area contributed by atoms with E-state index in [0.29, 0.717) is 6.42 Å². The number of rotatable bonds is 19. The third kappa shape index (κ3) is 12.1. The molecule has 0 unspecified atom stereocenters. The first-order valence-corrected chi connectivity index (χ1v) is 12.9. The number of aliphatic hydroxyl groups excluding tert-OH is 1. The van der Waals surface area contributed by atoms with E-state index in [2.05, 4.69) is 6.92 Å². The maximum atomic E-state index is 11.2. The average Bonchev–Trinajstić information content (AvgIpc) is 2.64. The number of unbranched alkanes of at least 4 members (excludes halogenated alkanes) is 14. The minimum absolute atomic E-state index is 0.0549. The molecular formula is C23H44O3S. The first-order valence-electron chi connectivity index (χ1n) is 11.6. The quantitative estimate of drug-likeness (QED) is 0.195. The lowest BCUT2D eigenvalue weighted by atomic mass is 9.99. The Balaban J connectivity index is 1.77. The second-order valence-electron chi connectivity index (χ2n) is 8.26. The zero-order valence-corrected chi connectivity index (χ0v) is 18.7. The SMILES string of the molecule is CCCCCCCCCCCCCCCCC[C@@H](O)C[C@H]1OC(=O)[C@H]1SC. The van der Waals surface area contributed by atoms with Crippen LogP contribution in [-0.4, -0.2) is 34.8 Å². The van der Waals surface area contributed by atoms with E-state index in [9.17, 15) is 9.90 Å². The van der Waals surface area contributed by atoms with Crippen molar-refractivity contribution in [1.82, 2.24) is 0 Å². The predicted octanol–water partition coefficient (Wildman–Crippen LogP) is 6.66. The van der Waals surface area contributed by atoms with Crippen molar-refractivity contribution in [3.8, 4) is 0 Å². The number of ether oxygens (including phenoxy) is 1. The van der Waals surface area contributed by atoms with E-state index < -0.39 is 0 Å². The Morgan fingerprint density at radius 3 is 1.70 bits per heavy atom. The van der Waals surface area contributed by atoms with Gasteiger partial charge in [-0.2, -0.15) is 0 Å². The normalized spacial score (nSPS) is 20.3. The van der Waals surface area contributed by atoms with Crippen LogP contribution in [0.4, 0.5) is 0 Å². The molecule has 0 aromatic rings. The molecule has 0 amide bonds. The van der Waals surface area contributed by atoms with Gasteiger partial charge in [0.2, 0.25) is 0 Å². The molecule has 1 rings (SSSR count). The van der Waals surface area contributed by atoms with Crippen molar-refractivity contribution in [2.75, 3.05) is 6.26 Å². The van der Waals surface area contributed by atoms with Gasteiger partial charge in [0, 0.05) is 6.42 Å². The average molecular weight is 401 g/mol. The van der Waals surface area contributed by atoms with Gasteiger partial charge in [-0.25, -0.2) is 0 Å². The summed E-state index contributed by atoms with van der Waals surface area (Å²) in [6.07, 6.45) is 23.4. The molecule has 160 valence electrons. The van der Waals surface area contributed by atoms with Gasteiger partial charge in [0.25, 0.3) is 0 Å². The molecule has 3 nitrogen and oxygen atoms in total. The third-order valence-corrected chi connectivity index (χ3v) is 6.74. The third-order valence-electron chi connectivity index (χ3n) is 5.74. The van der Waals surface area contributed by atoms with Crippen LogP contribution in [0.15, 0.2) is 0 Å². The molecule has 1 fully saturated rings. The topological polar surface area (TPSA) is 46.5 Å². The fourth-order valence-corrected chi connectivity index (χ4v) is 4.63. The Hall–Kier alpha value is -0.220. The van der Waals surface area contributed by atoms with E-state index >= 15 is 0 Å². The number of carbonyl (C=O) groups excluding carboxylic acids is 1. The highest BCUT2D eigenvalue weighted by Crippen LogP contribution is 2.29. The molecule has 1 heterocycles. The molecule has 27 heavy (non-hydrogen) atoms. The first kappa shape index (κ1) is 24.8. The summed E-state index contributed by atoms with van der Waals surface area (Å²) in [6.45, 7) is 2.28. The van der Waals surface area contributed by atoms with Crippen LogP contribution in [0.1, 0.15) is 116 Å². The fourth-order valence-electron chi connectivity index (χ4n) is 3.91. The smallest absolute Gasteiger partial charge is 0.323 e. The molecule has 1 saturated heterocycles. The Labute approximate surface area is 172 Å². The number of esters is 1. The summed E-state index contributed by atoms with van der Waals surface area (Å²) < 4.78 is 5.12. The number of hydrogen-bond donors (Lipinski definition) is 1. The zero-order valence-electron chi connectivity index (χ0n) is 17.9. The molecule has 0 aliphatic carbocycles. The van der Waals surface area contributed by atoms with Gasteiger partial charge in [0.05, 0.1) is 6.10 Å². The second-order valence-corrected chi connectivity index (χ2v) is 9.24. The number of aliphatic hydroxyl groups is 1. The lowest BCUT2D eigenvalue weighted by Gasteiger charge is -2.35. The largest absolute Gasteiger partial charge is 0.460 e.